The van der Waals surface area contributed by atoms with Gasteiger partial charge in [-0.25, -0.2) is 9.67 Å². The van der Waals surface area contributed by atoms with Crippen LogP contribution in [-0.4, -0.2) is 31.9 Å². The Morgan fingerprint density at radius 2 is 2.47 bits per heavy atom. The third-order valence-corrected chi connectivity index (χ3v) is 2.08. The molecular weight excluding hydrogens is 196 g/mol. The van der Waals surface area contributed by atoms with Gasteiger partial charge in [-0.1, -0.05) is 0 Å². The first-order valence-electron chi connectivity index (χ1n) is 4.43. The number of hydrogen-bond donors (Lipinski definition) is 2. The van der Waals surface area contributed by atoms with E-state index in [2.05, 4.69) is 10.1 Å². The molecule has 15 heavy (non-hydrogen) atoms. The fraction of sp³-hybridized carbons (Fsp3) is 0.222. The predicted octanol–water partition coefficient (Wildman–Crippen LogP) is -0.157. The van der Waals surface area contributed by atoms with Crippen molar-refractivity contribution in [2.45, 2.75) is 12.6 Å². The Labute approximate surface area is 85.3 Å². The minimum Gasteiger partial charge on any atom is -0.480 e. The second-order valence-corrected chi connectivity index (χ2v) is 3.19. The van der Waals surface area contributed by atoms with Crippen LogP contribution >= 0.6 is 0 Å². The number of aliphatic carboxylic acids is 1. The van der Waals surface area contributed by atoms with Gasteiger partial charge < -0.3 is 10.8 Å². The van der Waals surface area contributed by atoms with Crippen molar-refractivity contribution in [2.75, 3.05) is 0 Å². The molecule has 6 nitrogen and oxygen atoms in total. The maximum absolute atomic E-state index is 10.6. The Balaban J connectivity index is 2.32. The van der Waals surface area contributed by atoms with Crippen LogP contribution in [0.5, 0.6) is 0 Å². The van der Waals surface area contributed by atoms with E-state index < -0.39 is 12.0 Å². The molecule has 0 saturated heterocycles. The van der Waals surface area contributed by atoms with Crippen LogP contribution in [-0.2, 0) is 11.3 Å². The fourth-order valence-corrected chi connectivity index (χ4v) is 1.31. The number of aromatic nitrogens is 3. The van der Waals surface area contributed by atoms with Crippen LogP contribution in [0.4, 0.5) is 0 Å². The average molecular weight is 206 g/mol. The van der Waals surface area contributed by atoms with Crippen LogP contribution in [0.15, 0.2) is 24.5 Å². The molecule has 0 aromatic carbocycles. The van der Waals surface area contributed by atoms with Crippen molar-refractivity contribution in [1.29, 1.82) is 0 Å². The highest BCUT2D eigenvalue weighted by atomic mass is 16.4. The first-order valence-corrected chi connectivity index (χ1v) is 4.43. The van der Waals surface area contributed by atoms with Gasteiger partial charge in [0.25, 0.3) is 0 Å². The summed E-state index contributed by atoms with van der Waals surface area (Å²) in [4.78, 5) is 14.7. The Kier molecular flexibility index (Phi) is 2.34. The normalized spacial score (nSPS) is 12.9. The summed E-state index contributed by atoms with van der Waals surface area (Å²) >= 11 is 0. The molecule has 78 valence electrons. The first kappa shape index (κ1) is 9.60. The van der Waals surface area contributed by atoms with Gasteiger partial charge in [0, 0.05) is 11.6 Å². The Hall–Kier alpha value is -1.95. The summed E-state index contributed by atoms with van der Waals surface area (Å²) in [6.45, 7) is 0.121. The van der Waals surface area contributed by atoms with Crippen molar-refractivity contribution < 1.29 is 9.90 Å². The van der Waals surface area contributed by atoms with Gasteiger partial charge in [-0.3, -0.25) is 4.79 Å². The van der Waals surface area contributed by atoms with Gasteiger partial charge in [0.1, 0.15) is 6.04 Å². The predicted molar refractivity (Wildman–Crippen MR) is 53.1 cm³/mol. The van der Waals surface area contributed by atoms with Crippen molar-refractivity contribution in [2.24, 2.45) is 5.73 Å². The van der Waals surface area contributed by atoms with Crippen LogP contribution in [0.2, 0.25) is 0 Å². The highest BCUT2D eigenvalue weighted by Crippen LogP contribution is 2.09. The van der Waals surface area contributed by atoms with E-state index in [0.29, 0.717) is 5.65 Å². The van der Waals surface area contributed by atoms with Crippen molar-refractivity contribution in [3.8, 4) is 0 Å². The molecule has 3 N–H and O–H groups in total. The molecule has 0 aliphatic carbocycles. The fourth-order valence-electron chi connectivity index (χ4n) is 1.31. The number of nitrogens with two attached hydrogens (primary N) is 1. The van der Waals surface area contributed by atoms with E-state index in [1.807, 2.05) is 6.07 Å². The van der Waals surface area contributed by atoms with E-state index >= 15 is 0 Å². The zero-order valence-electron chi connectivity index (χ0n) is 7.87. The molecule has 0 unspecified atom stereocenters. The maximum atomic E-state index is 10.6. The lowest BCUT2D eigenvalue weighted by Crippen LogP contribution is -2.34. The number of fused-ring (bicyclic) bond motifs is 1. The number of nitrogens with zero attached hydrogens (tertiary/aromatic N) is 3. The summed E-state index contributed by atoms with van der Waals surface area (Å²) in [7, 11) is 0. The van der Waals surface area contributed by atoms with Crippen molar-refractivity contribution in [3.05, 3.63) is 24.5 Å². The summed E-state index contributed by atoms with van der Waals surface area (Å²) in [5, 5.41) is 13.6. The lowest BCUT2D eigenvalue weighted by Gasteiger charge is -2.06. The Bertz CT molecular complexity index is 494. The summed E-state index contributed by atoms with van der Waals surface area (Å²) in [6.07, 6.45) is 3.27. The average Bonchev–Trinajstić information content (AvgIpc) is 2.62. The summed E-state index contributed by atoms with van der Waals surface area (Å²) < 4.78 is 1.49. The second-order valence-electron chi connectivity index (χ2n) is 3.19. The second kappa shape index (κ2) is 3.66. The minimum absolute atomic E-state index is 0.121. The summed E-state index contributed by atoms with van der Waals surface area (Å²) in [5.74, 6) is -1.05. The van der Waals surface area contributed by atoms with Crippen LogP contribution in [0, 0.1) is 0 Å². The monoisotopic (exact) mass is 206 g/mol. The molecule has 0 aliphatic heterocycles. The molecule has 2 aromatic heterocycles. The first-order chi connectivity index (χ1) is 7.18. The van der Waals surface area contributed by atoms with Crippen molar-refractivity contribution in [1.82, 2.24) is 14.8 Å². The largest absolute Gasteiger partial charge is 0.480 e. The van der Waals surface area contributed by atoms with E-state index in [1.165, 1.54) is 4.68 Å². The molecular formula is C9H10N4O2. The molecule has 0 radical (unpaired) electrons. The van der Waals surface area contributed by atoms with Gasteiger partial charge in [0.05, 0.1) is 12.7 Å². The molecule has 0 fully saturated rings. The van der Waals surface area contributed by atoms with E-state index in [4.69, 9.17) is 10.8 Å². The number of pyridine rings is 1. The summed E-state index contributed by atoms with van der Waals surface area (Å²) in [6, 6.07) is 2.69. The van der Waals surface area contributed by atoms with Gasteiger partial charge in [0.15, 0.2) is 5.65 Å². The summed E-state index contributed by atoms with van der Waals surface area (Å²) in [5.41, 5.74) is 6.06. The van der Waals surface area contributed by atoms with E-state index in [-0.39, 0.29) is 6.54 Å². The van der Waals surface area contributed by atoms with Gasteiger partial charge in [-0.2, -0.15) is 5.10 Å². The molecule has 2 aromatic rings. The van der Waals surface area contributed by atoms with Crippen LogP contribution in [0.1, 0.15) is 0 Å². The van der Waals surface area contributed by atoms with E-state index in [0.717, 1.165) is 5.39 Å². The molecule has 0 bridgehead atoms. The molecule has 1 atom stereocenters. The third kappa shape index (κ3) is 1.79. The maximum Gasteiger partial charge on any atom is 0.322 e. The molecule has 0 amide bonds. The van der Waals surface area contributed by atoms with Crippen LogP contribution in [0.25, 0.3) is 11.0 Å². The van der Waals surface area contributed by atoms with Crippen LogP contribution < -0.4 is 5.73 Å². The minimum atomic E-state index is -1.05. The van der Waals surface area contributed by atoms with Crippen LogP contribution in [0.3, 0.4) is 0 Å². The number of carboxylic acid groups (broad SMARTS) is 1. The van der Waals surface area contributed by atoms with Gasteiger partial charge in [0.2, 0.25) is 0 Å². The molecule has 0 spiro atoms. The molecule has 0 saturated carbocycles. The number of carboxylic acids is 1. The highest BCUT2D eigenvalue weighted by Gasteiger charge is 2.14. The van der Waals surface area contributed by atoms with Gasteiger partial charge >= 0.3 is 5.97 Å². The number of rotatable bonds is 3. The van der Waals surface area contributed by atoms with E-state index in [9.17, 15) is 4.79 Å². The molecule has 2 rings (SSSR count). The highest BCUT2D eigenvalue weighted by molar-refractivity contribution is 5.75. The van der Waals surface area contributed by atoms with Gasteiger partial charge in [-0.15, -0.1) is 0 Å². The quantitative estimate of drug-likeness (QED) is 0.727. The zero-order chi connectivity index (χ0) is 10.8. The van der Waals surface area contributed by atoms with Crippen molar-refractivity contribution >= 4 is 17.0 Å². The van der Waals surface area contributed by atoms with Gasteiger partial charge in [-0.05, 0) is 12.1 Å². The van der Waals surface area contributed by atoms with E-state index in [1.54, 1.807) is 18.5 Å². The number of carbonyl (C=O) groups is 1. The molecule has 6 heteroatoms. The smallest absolute Gasteiger partial charge is 0.322 e. The SMILES string of the molecule is N[C@@H](Cn1ncc2cccnc21)C(=O)O. The topological polar surface area (TPSA) is 94.0 Å². The lowest BCUT2D eigenvalue weighted by atomic mass is 10.3. The molecule has 2 heterocycles. The standard InChI is InChI=1S/C9H10N4O2/c10-7(9(14)15)5-13-8-6(4-12-13)2-1-3-11-8/h1-4,7H,5,10H2,(H,14,15)/t7-/m0/s1. The Morgan fingerprint density at radius 1 is 1.67 bits per heavy atom. The Morgan fingerprint density at radius 3 is 3.20 bits per heavy atom. The molecule has 0 aliphatic rings. The lowest BCUT2D eigenvalue weighted by molar-refractivity contribution is -0.138. The number of hydrogen-bond acceptors (Lipinski definition) is 4. The zero-order valence-corrected chi connectivity index (χ0v) is 7.87. The third-order valence-electron chi connectivity index (χ3n) is 2.08. The van der Waals surface area contributed by atoms with Crippen molar-refractivity contribution in [3.63, 3.8) is 0 Å².